The first kappa shape index (κ1) is 18.2. The number of amides is 1. The van der Waals surface area contributed by atoms with Crippen LogP contribution in [0.25, 0.3) is 0 Å². The van der Waals surface area contributed by atoms with Crippen molar-refractivity contribution < 1.29 is 9.63 Å². The molecular formula is C13H26N2O2. The maximum absolute atomic E-state index is 10.3. The summed E-state index contributed by atoms with van der Waals surface area (Å²) in [4.78, 5) is 19.0. The van der Waals surface area contributed by atoms with E-state index < -0.39 is 0 Å². The van der Waals surface area contributed by atoms with Gasteiger partial charge in [0.1, 0.15) is 0 Å². The van der Waals surface area contributed by atoms with Gasteiger partial charge in [-0.15, -0.1) is 0 Å². The molecule has 17 heavy (non-hydrogen) atoms. The average Bonchev–Trinajstić information content (AvgIpc) is 2.29. The summed E-state index contributed by atoms with van der Waals surface area (Å²) in [6.07, 6.45) is 4.19. The van der Waals surface area contributed by atoms with Gasteiger partial charge in [0.05, 0.1) is 12.6 Å². The summed E-state index contributed by atoms with van der Waals surface area (Å²) in [5, 5.41) is 1.21. The van der Waals surface area contributed by atoms with Gasteiger partial charge >= 0.3 is 0 Å². The number of carbonyl (C=O) groups excluding carboxylic acids is 1. The highest BCUT2D eigenvalue weighted by Gasteiger charge is 2.03. The monoisotopic (exact) mass is 242 g/mol. The molecule has 2 unspecified atom stereocenters. The minimum Gasteiger partial charge on any atom is -0.297 e. The molecule has 0 bridgehead atoms. The standard InChI is InChI=1S/C8H15N.C5H11NO2/c1-5-6-7(2)8(3)9-4;1-4-8-6(3)5(2)7/h5-8H,4H2,1-3H3;4H2,1-3H3/b6-5-;. The topological polar surface area (TPSA) is 41.9 Å². The van der Waals surface area contributed by atoms with E-state index in [9.17, 15) is 4.79 Å². The normalized spacial score (nSPS) is 13.5. The molecule has 0 aromatic rings. The number of allylic oxidation sites excluding steroid dienone is 1. The lowest BCUT2D eigenvalue weighted by atomic mass is 10.0. The van der Waals surface area contributed by atoms with Gasteiger partial charge in [-0.2, -0.15) is 0 Å². The Bertz CT molecular complexity index is 240. The first-order valence-corrected chi connectivity index (χ1v) is 5.86. The number of hydrogen-bond donors (Lipinski definition) is 0. The number of aliphatic imine (C=N–C) groups is 1. The van der Waals surface area contributed by atoms with Crippen molar-refractivity contribution in [2.45, 2.75) is 40.7 Å². The number of hydroxylamine groups is 2. The van der Waals surface area contributed by atoms with Gasteiger partial charge in [-0.05, 0) is 33.4 Å². The Morgan fingerprint density at radius 1 is 1.53 bits per heavy atom. The Kier molecular flexibility index (Phi) is 12.1. The molecule has 0 aromatic carbocycles. The number of rotatable bonds is 5. The molecule has 0 N–H and O–H groups in total. The molecule has 4 heteroatoms. The second-order valence-electron chi connectivity index (χ2n) is 3.74. The molecule has 100 valence electrons. The molecule has 0 aromatic heterocycles. The maximum Gasteiger partial charge on any atom is 0.242 e. The van der Waals surface area contributed by atoms with E-state index in [-0.39, 0.29) is 5.91 Å². The van der Waals surface area contributed by atoms with Crippen LogP contribution in [-0.2, 0) is 9.63 Å². The van der Waals surface area contributed by atoms with Crippen molar-refractivity contribution in [3.63, 3.8) is 0 Å². The summed E-state index contributed by atoms with van der Waals surface area (Å²) in [5.74, 6) is 0.444. The van der Waals surface area contributed by atoms with Crippen LogP contribution in [-0.4, -0.2) is 37.4 Å². The van der Waals surface area contributed by atoms with Gasteiger partial charge in [-0.3, -0.25) is 14.6 Å². The summed E-state index contributed by atoms with van der Waals surface area (Å²) >= 11 is 0. The second-order valence-corrected chi connectivity index (χ2v) is 3.74. The third-order valence-electron chi connectivity index (χ3n) is 2.31. The highest BCUT2D eigenvalue weighted by Crippen LogP contribution is 2.06. The third kappa shape index (κ3) is 11.1. The largest absolute Gasteiger partial charge is 0.297 e. The minimum atomic E-state index is -0.0770. The summed E-state index contributed by atoms with van der Waals surface area (Å²) in [6.45, 7) is 13.5. The van der Waals surface area contributed by atoms with Crippen LogP contribution in [0.3, 0.4) is 0 Å². The van der Waals surface area contributed by atoms with E-state index in [1.54, 1.807) is 7.05 Å². The number of hydrogen-bond acceptors (Lipinski definition) is 3. The molecule has 0 spiro atoms. The van der Waals surface area contributed by atoms with E-state index in [0.717, 1.165) is 0 Å². The lowest BCUT2D eigenvalue weighted by molar-refractivity contribution is -0.173. The van der Waals surface area contributed by atoms with Gasteiger partial charge in [-0.25, -0.2) is 5.06 Å². The summed E-state index contributed by atoms with van der Waals surface area (Å²) in [6, 6.07) is 0.348. The van der Waals surface area contributed by atoms with Crippen LogP contribution in [0.4, 0.5) is 0 Å². The highest BCUT2D eigenvalue weighted by molar-refractivity contribution is 5.71. The molecule has 0 fully saturated rings. The predicted octanol–water partition coefficient (Wildman–Crippen LogP) is 2.70. The van der Waals surface area contributed by atoms with Crippen LogP contribution < -0.4 is 0 Å². The number of carbonyl (C=O) groups is 1. The van der Waals surface area contributed by atoms with Crippen molar-refractivity contribution in [3.05, 3.63) is 12.2 Å². The minimum absolute atomic E-state index is 0.0770. The van der Waals surface area contributed by atoms with Gasteiger partial charge < -0.3 is 0 Å². The zero-order chi connectivity index (χ0) is 13.8. The SMILES string of the molecule is C=NC(C)C(C)/C=C\C.CCON(C)C(C)=O. The number of nitrogens with zero attached hydrogens (tertiary/aromatic N) is 2. The van der Waals surface area contributed by atoms with E-state index in [1.807, 2.05) is 19.9 Å². The van der Waals surface area contributed by atoms with Crippen LogP contribution in [0.1, 0.15) is 34.6 Å². The molecule has 2 atom stereocenters. The predicted molar refractivity (Wildman–Crippen MR) is 73.1 cm³/mol. The molecule has 0 saturated heterocycles. The van der Waals surface area contributed by atoms with Crippen LogP contribution in [0.15, 0.2) is 17.1 Å². The van der Waals surface area contributed by atoms with Gasteiger partial charge in [0.2, 0.25) is 5.91 Å². The fraction of sp³-hybridized carbons (Fsp3) is 0.692. The summed E-state index contributed by atoms with van der Waals surface area (Å²) < 4.78 is 0. The molecular weight excluding hydrogens is 216 g/mol. The lowest BCUT2D eigenvalue weighted by Crippen LogP contribution is -2.23. The lowest BCUT2D eigenvalue weighted by Gasteiger charge is -2.11. The van der Waals surface area contributed by atoms with Crippen molar-refractivity contribution in [2.24, 2.45) is 10.9 Å². The third-order valence-corrected chi connectivity index (χ3v) is 2.31. The summed E-state index contributed by atoms with van der Waals surface area (Å²) in [7, 11) is 1.59. The van der Waals surface area contributed by atoms with Crippen molar-refractivity contribution >= 4 is 12.6 Å². The molecule has 0 aliphatic rings. The molecule has 0 saturated carbocycles. The zero-order valence-electron chi connectivity index (χ0n) is 11.9. The van der Waals surface area contributed by atoms with Crippen LogP contribution in [0.2, 0.25) is 0 Å². The Labute approximate surface area is 105 Å². The Balaban J connectivity index is 0. The van der Waals surface area contributed by atoms with Crippen molar-refractivity contribution in [2.75, 3.05) is 13.7 Å². The zero-order valence-corrected chi connectivity index (χ0v) is 11.9. The fourth-order valence-corrected chi connectivity index (χ4v) is 0.915. The molecule has 0 heterocycles. The molecule has 0 radical (unpaired) electrons. The van der Waals surface area contributed by atoms with E-state index in [0.29, 0.717) is 18.6 Å². The molecule has 4 nitrogen and oxygen atoms in total. The van der Waals surface area contributed by atoms with Crippen LogP contribution in [0.5, 0.6) is 0 Å². The molecule has 0 aliphatic carbocycles. The maximum atomic E-state index is 10.3. The molecule has 1 amide bonds. The quantitative estimate of drug-likeness (QED) is 0.422. The summed E-state index contributed by atoms with van der Waals surface area (Å²) in [5.41, 5.74) is 0. The first-order chi connectivity index (χ1) is 7.90. The fourth-order valence-electron chi connectivity index (χ4n) is 0.915. The highest BCUT2D eigenvalue weighted by atomic mass is 16.7. The van der Waals surface area contributed by atoms with Crippen LogP contribution in [0, 0.1) is 5.92 Å². The first-order valence-electron chi connectivity index (χ1n) is 5.86. The van der Waals surface area contributed by atoms with Crippen molar-refractivity contribution in [1.82, 2.24) is 5.06 Å². The second kappa shape index (κ2) is 11.3. The Hall–Kier alpha value is -1.16. The Morgan fingerprint density at radius 3 is 2.29 bits per heavy atom. The Morgan fingerprint density at radius 2 is 2.06 bits per heavy atom. The van der Waals surface area contributed by atoms with E-state index in [4.69, 9.17) is 4.84 Å². The van der Waals surface area contributed by atoms with E-state index in [1.165, 1.54) is 12.0 Å². The van der Waals surface area contributed by atoms with Crippen molar-refractivity contribution in [3.8, 4) is 0 Å². The smallest absolute Gasteiger partial charge is 0.242 e. The van der Waals surface area contributed by atoms with Crippen molar-refractivity contribution in [1.29, 1.82) is 0 Å². The molecule has 0 rings (SSSR count). The average molecular weight is 242 g/mol. The van der Waals surface area contributed by atoms with Crippen LogP contribution >= 0.6 is 0 Å². The van der Waals surface area contributed by atoms with Gasteiger partial charge in [0.25, 0.3) is 0 Å². The van der Waals surface area contributed by atoms with Gasteiger partial charge in [0, 0.05) is 14.0 Å². The van der Waals surface area contributed by atoms with E-state index in [2.05, 4.69) is 31.6 Å². The van der Waals surface area contributed by atoms with Gasteiger partial charge in [-0.1, -0.05) is 19.1 Å². The molecule has 0 aliphatic heterocycles. The van der Waals surface area contributed by atoms with E-state index >= 15 is 0 Å². The van der Waals surface area contributed by atoms with Gasteiger partial charge in [0.15, 0.2) is 0 Å².